The van der Waals surface area contributed by atoms with Crippen LogP contribution in [0.1, 0.15) is 6.42 Å². The Hall–Kier alpha value is -2.15. The molecule has 1 amide bonds. The third-order valence-corrected chi connectivity index (χ3v) is 3.39. The summed E-state index contributed by atoms with van der Waals surface area (Å²) in [6, 6.07) is 5.54. The highest BCUT2D eigenvalue weighted by molar-refractivity contribution is 5.71. The Labute approximate surface area is 108 Å². The fraction of sp³-hybridized carbons (Fsp3) is 0.417. The standard InChI is InChI=1S/C12H12N2O5/c15-12(13-6-11-5-9(13)7-18-11)19-10-3-1-8(2-4-10)14(16)17/h1-4,9,11H,5-7H2/t9-,11-/m0/s1. The number of benzene rings is 1. The molecule has 0 N–H and O–H groups in total. The SMILES string of the molecule is O=C(Oc1ccc([N+](=O)[O-])cc1)N1C[C@@H]2C[C@H]1CO2. The van der Waals surface area contributed by atoms with Crippen LogP contribution in [0.4, 0.5) is 10.5 Å². The topological polar surface area (TPSA) is 81.9 Å². The van der Waals surface area contributed by atoms with Gasteiger partial charge in [-0.15, -0.1) is 0 Å². The van der Waals surface area contributed by atoms with Crippen LogP contribution in [0.3, 0.4) is 0 Å². The second-order valence-electron chi connectivity index (χ2n) is 4.62. The largest absolute Gasteiger partial charge is 0.415 e. The first-order chi connectivity index (χ1) is 9.13. The summed E-state index contributed by atoms with van der Waals surface area (Å²) >= 11 is 0. The van der Waals surface area contributed by atoms with Gasteiger partial charge in [0.1, 0.15) is 5.75 Å². The van der Waals surface area contributed by atoms with Crippen molar-refractivity contribution < 1.29 is 19.2 Å². The monoisotopic (exact) mass is 264 g/mol. The predicted molar refractivity (Wildman–Crippen MR) is 64.0 cm³/mol. The minimum absolute atomic E-state index is 0.0339. The average Bonchev–Trinajstić information content (AvgIpc) is 3.01. The quantitative estimate of drug-likeness (QED) is 0.598. The molecule has 3 rings (SSSR count). The maximum atomic E-state index is 11.9. The molecule has 2 heterocycles. The molecule has 0 aliphatic carbocycles. The van der Waals surface area contributed by atoms with Crippen molar-refractivity contribution in [3.8, 4) is 5.75 Å². The van der Waals surface area contributed by atoms with E-state index in [2.05, 4.69) is 0 Å². The lowest BCUT2D eigenvalue weighted by atomic mass is 10.2. The van der Waals surface area contributed by atoms with Crippen LogP contribution in [0.25, 0.3) is 0 Å². The number of nitro groups is 1. The Morgan fingerprint density at radius 1 is 1.42 bits per heavy atom. The van der Waals surface area contributed by atoms with E-state index in [0.29, 0.717) is 18.9 Å². The number of non-ortho nitro benzene ring substituents is 1. The molecule has 0 saturated carbocycles. The van der Waals surface area contributed by atoms with Crippen molar-refractivity contribution >= 4 is 11.8 Å². The molecule has 0 unspecified atom stereocenters. The molecule has 7 nitrogen and oxygen atoms in total. The molecule has 2 bridgehead atoms. The second kappa shape index (κ2) is 4.51. The van der Waals surface area contributed by atoms with E-state index >= 15 is 0 Å². The number of carbonyl (C=O) groups is 1. The van der Waals surface area contributed by atoms with Gasteiger partial charge in [-0.1, -0.05) is 0 Å². The second-order valence-corrected chi connectivity index (χ2v) is 4.62. The highest BCUT2D eigenvalue weighted by atomic mass is 16.6. The van der Waals surface area contributed by atoms with Crippen LogP contribution < -0.4 is 4.74 Å². The first-order valence-electron chi connectivity index (χ1n) is 5.98. The summed E-state index contributed by atoms with van der Waals surface area (Å²) in [5.74, 6) is 0.305. The summed E-state index contributed by atoms with van der Waals surface area (Å²) in [7, 11) is 0. The first kappa shape index (κ1) is 11.9. The van der Waals surface area contributed by atoms with Crippen LogP contribution >= 0.6 is 0 Å². The lowest BCUT2D eigenvalue weighted by Crippen LogP contribution is -2.42. The molecule has 19 heavy (non-hydrogen) atoms. The normalized spacial score (nSPS) is 24.5. The minimum atomic E-state index is -0.498. The molecular weight excluding hydrogens is 252 g/mol. The number of hydrogen-bond acceptors (Lipinski definition) is 5. The molecule has 1 aromatic rings. The molecule has 7 heteroatoms. The van der Waals surface area contributed by atoms with Crippen LogP contribution in [-0.2, 0) is 4.74 Å². The zero-order chi connectivity index (χ0) is 13.4. The smallest absolute Gasteiger partial charge is 0.410 e. The van der Waals surface area contributed by atoms with Crippen LogP contribution in [0.5, 0.6) is 5.75 Å². The number of ether oxygens (including phenoxy) is 2. The fourth-order valence-electron chi connectivity index (χ4n) is 2.42. The third-order valence-electron chi connectivity index (χ3n) is 3.39. The summed E-state index contributed by atoms with van der Waals surface area (Å²) in [4.78, 5) is 23.6. The number of nitro benzene ring substituents is 1. The molecule has 0 radical (unpaired) electrons. The van der Waals surface area contributed by atoms with E-state index in [1.165, 1.54) is 24.3 Å². The van der Waals surface area contributed by atoms with Gasteiger partial charge in [0.2, 0.25) is 0 Å². The molecule has 0 spiro atoms. The molecule has 1 aromatic carbocycles. The minimum Gasteiger partial charge on any atom is -0.410 e. The molecular formula is C12H12N2O5. The van der Waals surface area contributed by atoms with Gasteiger partial charge in [0.15, 0.2) is 0 Å². The molecule has 2 aliphatic rings. The van der Waals surface area contributed by atoms with Crippen molar-refractivity contribution in [1.29, 1.82) is 0 Å². The number of nitrogens with zero attached hydrogens (tertiary/aromatic N) is 2. The zero-order valence-electron chi connectivity index (χ0n) is 10.0. The van der Waals surface area contributed by atoms with E-state index in [0.717, 1.165) is 6.42 Å². The van der Waals surface area contributed by atoms with Crippen molar-refractivity contribution in [2.24, 2.45) is 0 Å². The molecule has 2 atom stereocenters. The number of morpholine rings is 1. The number of hydrogen-bond donors (Lipinski definition) is 0. The number of amides is 1. The van der Waals surface area contributed by atoms with Crippen molar-refractivity contribution in [3.05, 3.63) is 34.4 Å². The number of fused-ring (bicyclic) bond motifs is 2. The van der Waals surface area contributed by atoms with E-state index in [1.54, 1.807) is 4.90 Å². The molecule has 2 saturated heterocycles. The first-order valence-corrected chi connectivity index (χ1v) is 5.98. The summed E-state index contributed by atoms with van der Waals surface area (Å²) in [6.45, 7) is 1.11. The Bertz CT molecular complexity index is 515. The Kier molecular flexibility index (Phi) is 2.83. The summed E-state index contributed by atoms with van der Waals surface area (Å²) in [5.41, 5.74) is -0.0339. The predicted octanol–water partition coefficient (Wildman–Crippen LogP) is 1.57. The van der Waals surface area contributed by atoms with Crippen molar-refractivity contribution in [2.75, 3.05) is 13.2 Å². The van der Waals surface area contributed by atoms with E-state index in [-0.39, 0.29) is 17.8 Å². The maximum absolute atomic E-state index is 11.9. The number of rotatable bonds is 2. The Morgan fingerprint density at radius 2 is 2.16 bits per heavy atom. The molecule has 2 aliphatic heterocycles. The zero-order valence-corrected chi connectivity index (χ0v) is 10.0. The van der Waals surface area contributed by atoms with Crippen LogP contribution in [0, 0.1) is 10.1 Å². The van der Waals surface area contributed by atoms with Crippen molar-refractivity contribution in [1.82, 2.24) is 4.90 Å². The lowest BCUT2D eigenvalue weighted by molar-refractivity contribution is -0.384. The van der Waals surface area contributed by atoms with E-state index in [4.69, 9.17) is 9.47 Å². The fourth-order valence-corrected chi connectivity index (χ4v) is 2.42. The number of likely N-dealkylation sites (tertiary alicyclic amines) is 1. The van der Waals surface area contributed by atoms with Gasteiger partial charge >= 0.3 is 6.09 Å². The van der Waals surface area contributed by atoms with E-state index in [9.17, 15) is 14.9 Å². The molecule has 2 fully saturated rings. The van der Waals surface area contributed by atoms with Crippen LogP contribution in [-0.4, -0.2) is 41.2 Å². The van der Waals surface area contributed by atoms with E-state index < -0.39 is 11.0 Å². The average molecular weight is 264 g/mol. The van der Waals surface area contributed by atoms with Crippen molar-refractivity contribution in [2.45, 2.75) is 18.6 Å². The third kappa shape index (κ3) is 2.24. The van der Waals surface area contributed by atoms with Gasteiger partial charge < -0.3 is 9.47 Å². The highest BCUT2D eigenvalue weighted by Gasteiger charge is 2.42. The van der Waals surface area contributed by atoms with Gasteiger partial charge in [-0.25, -0.2) is 4.79 Å². The van der Waals surface area contributed by atoms with Crippen molar-refractivity contribution in [3.63, 3.8) is 0 Å². The van der Waals surface area contributed by atoms with Crippen LogP contribution in [0.2, 0.25) is 0 Å². The van der Waals surface area contributed by atoms with Gasteiger partial charge in [-0.05, 0) is 18.6 Å². The summed E-state index contributed by atoms with van der Waals surface area (Å²) in [5, 5.41) is 10.5. The maximum Gasteiger partial charge on any atom is 0.415 e. The lowest BCUT2D eigenvalue weighted by Gasteiger charge is -2.25. The summed E-state index contributed by atoms with van der Waals surface area (Å²) < 4.78 is 10.6. The Balaban J connectivity index is 1.64. The van der Waals surface area contributed by atoms with Gasteiger partial charge in [-0.3, -0.25) is 15.0 Å². The van der Waals surface area contributed by atoms with Gasteiger partial charge in [0, 0.05) is 12.1 Å². The van der Waals surface area contributed by atoms with Gasteiger partial charge in [0.25, 0.3) is 5.69 Å². The molecule has 100 valence electrons. The van der Waals surface area contributed by atoms with Gasteiger partial charge in [-0.2, -0.15) is 0 Å². The summed E-state index contributed by atoms with van der Waals surface area (Å²) in [6.07, 6.45) is 0.550. The van der Waals surface area contributed by atoms with E-state index in [1.807, 2.05) is 0 Å². The Morgan fingerprint density at radius 3 is 2.68 bits per heavy atom. The van der Waals surface area contributed by atoms with Crippen LogP contribution in [0.15, 0.2) is 24.3 Å². The van der Waals surface area contributed by atoms with Gasteiger partial charge in [0.05, 0.1) is 30.2 Å². The molecule has 0 aromatic heterocycles. The number of carbonyl (C=O) groups excluding carboxylic acids is 1. The highest BCUT2D eigenvalue weighted by Crippen LogP contribution is 2.28.